The van der Waals surface area contributed by atoms with Gasteiger partial charge in [0.1, 0.15) is 5.75 Å². The molecule has 5 nitrogen and oxygen atoms in total. The number of anilines is 2. The molecule has 0 spiro atoms. The van der Waals surface area contributed by atoms with Gasteiger partial charge in [-0.05, 0) is 24.3 Å². The van der Waals surface area contributed by atoms with Crippen molar-refractivity contribution in [3.63, 3.8) is 0 Å². The number of amides is 1. The molecular formula is C19H19N3O2. The Balaban J connectivity index is 1.56. The molecule has 0 aliphatic carbocycles. The predicted molar refractivity (Wildman–Crippen MR) is 96.5 cm³/mol. The van der Waals surface area contributed by atoms with E-state index in [-0.39, 0.29) is 5.91 Å². The number of carbonyl (C=O) groups is 1. The van der Waals surface area contributed by atoms with Crippen LogP contribution in [0.1, 0.15) is 6.42 Å². The van der Waals surface area contributed by atoms with Gasteiger partial charge in [-0.25, -0.2) is 0 Å². The topological polar surface area (TPSA) is 63.2 Å². The number of carbonyl (C=O) groups excluding carboxylic acids is 1. The van der Waals surface area contributed by atoms with Crippen molar-refractivity contribution in [3.8, 4) is 5.75 Å². The third-order valence-electron chi connectivity index (χ3n) is 3.65. The first-order valence-corrected chi connectivity index (χ1v) is 7.78. The van der Waals surface area contributed by atoms with E-state index in [2.05, 4.69) is 15.6 Å². The first-order valence-electron chi connectivity index (χ1n) is 7.78. The lowest BCUT2D eigenvalue weighted by Gasteiger charge is -2.10. The van der Waals surface area contributed by atoms with Crippen LogP contribution in [-0.2, 0) is 4.79 Å². The van der Waals surface area contributed by atoms with Gasteiger partial charge in [-0.3, -0.25) is 9.78 Å². The van der Waals surface area contributed by atoms with E-state index in [4.69, 9.17) is 4.74 Å². The summed E-state index contributed by atoms with van der Waals surface area (Å²) in [5.74, 6) is 0.664. The summed E-state index contributed by atoms with van der Waals surface area (Å²) in [5, 5.41) is 7.22. The Bertz CT molecular complexity index is 843. The molecule has 0 atom stereocenters. The van der Waals surface area contributed by atoms with Crippen LogP contribution in [0.4, 0.5) is 11.4 Å². The maximum atomic E-state index is 12.1. The summed E-state index contributed by atoms with van der Waals surface area (Å²) in [6, 6.07) is 17.2. The number of hydrogen-bond donors (Lipinski definition) is 2. The number of pyridine rings is 1. The lowest BCUT2D eigenvalue weighted by molar-refractivity contribution is -0.115. The van der Waals surface area contributed by atoms with Crippen LogP contribution >= 0.6 is 0 Å². The van der Waals surface area contributed by atoms with Gasteiger partial charge in [-0.15, -0.1) is 0 Å². The number of nitrogens with zero attached hydrogens (tertiary/aromatic N) is 1. The molecule has 3 rings (SSSR count). The quantitative estimate of drug-likeness (QED) is 0.727. The zero-order chi connectivity index (χ0) is 16.8. The third kappa shape index (κ3) is 3.81. The zero-order valence-electron chi connectivity index (χ0n) is 13.5. The fourth-order valence-electron chi connectivity index (χ4n) is 2.48. The Morgan fingerprint density at radius 3 is 2.83 bits per heavy atom. The van der Waals surface area contributed by atoms with Gasteiger partial charge in [0, 0.05) is 36.3 Å². The van der Waals surface area contributed by atoms with Crippen LogP contribution < -0.4 is 15.4 Å². The van der Waals surface area contributed by atoms with Crippen LogP contribution in [0.5, 0.6) is 5.75 Å². The van der Waals surface area contributed by atoms with Crippen molar-refractivity contribution in [3.05, 3.63) is 60.8 Å². The van der Waals surface area contributed by atoms with Crippen LogP contribution in [-0.4, -0.2) is 24.5 Å². The van der Waals surface area contributed by atoms with Crippen molar-refractivity contribution >= 4 is 28.2 Å². The highest BCUT2D eigenvalue weighted by atomic mass is 16.5. The molecule has 0 saturated heterocycles. The second kappa shape index (κ2) is 7.46. The third-order valence-corrected chi connectivity index (χ3v) is 3.65. The van der Waals surface area contributed by atoms with Crippen molar-refractivity contribution in [1.29, 1.82) is 0 Å². The van der Waals surface area contributed by atoms with Gasteiger partial charge >= 0.3 is 0 Å². The van der Waals surface area contributed by atoms with Gasteiger partial charge in [0.2, 0.25) is 5.91 Å². The molecule has 2 aromatic carbocycles. The van der Waals surface area contributed by atoms with E-state index in [1.165, 1.54) is 0 Å². The molecule has 5 heteroatoms. The van der Waals surface area contributed by atoms with Crippen LogP contribution in [0.2, 0.25) is 0 Å². The predicted octanol–water partition coefficient (Wildman–Crippen LogP) is 3.68. The molecule has 0 aliphatic rings. The van der Waals surface area contributed by atoms with Crippen molar-refractivity contribution in [2.45, 2.75) is 6.42 Å². The Morgan fingerprint density at radius 1 is 1.12 bits per heavy atom. The lowest BCUT2D eigenvalue weighted by atomic mass is 10.2. The molecule has 3 aromatic rings. The molecule has 1 heterocycles. The Kier molecular flexibility index (Phi) is 4.91. The minimum Gasteiger partial charge on any atom is -0.497 e. The molecular weight excluding hydrogens is 302 g/mol. The minimum atomic E-state index is -0.0519. The number of para-hydroxylation sites is 1. The molecule has 1 amide bonds. The average molecular weight is 321 g/mol. The number of hydrogen-bond acceptors (Lipinski definition) is 4. The number of methoxy groups -OCH3 is 1. The molecule has 2 N–H and O–H groups in total. The number of fused-ring (bicyclic) bond motifs is 1. The van der Waals surface area contributed by atoms with Gasteiger partial charge in [-0.1, -0.05) is 24.3 Å². The van der Waals surface area contributed by atoms with E-state index < -0.39 is 0 Å². The van der Waals surface area contributed by atoms with Gasteiger partial charge in [0.05, 0.1) is 18.3 Å². The Morgan fingerprint density at radius 2 is 1.96 bits per heavy atom. The Hall–Kier alpha value is -3.08. The first-order chi connectivity index (χ1) is 11.8. The van der Waals surface area contributed by atoms with Gasteiger partial charge < -0.3 is 15.4 Å². The Labute approximate surface area is 140 Å². The second-order valence-corrected chi connectivity index (χ2v) is 5.34. The number of rotatable bonds is 6. The summed E-state index contributed by atoms with van der Waals surface area (Å²) in [5.41, 5.74) is 2.57. The van der Waals surface area contributed by atoms with E-state index in [9.17, 15) is 4.79 Å². The summed E-state index contributed by atoms with van der Waals surface area (Å²) >= 11 is 0. The van der Waals surface area contributed by atoms with Gasteiger partial charge in [0.15, 0.2) is 0 Å². The summed E-state index contributed by atoms with van der Waals surface area (Å²) in [6.07, 6.45) is 2.13. The number of nitrogens with one attached hydrogen (secondary N) is 2. The SMILES string of the molecule is COc1cccc(NC(=O)CCNc2cccc3cccnc23)c1. The van der Waals surface area contributed by atoms with Crippen molar-refractivity contribution < 1.29 is 9.53 Å². The molecule has 0 bridgehead atoms. The highest BCUT2D eigenvalue weighted by Crippen LogP contribution is 2.20. The largest absolute Gasteiger partial charge is 0.497 e. The van der Waals surface area contributed by atoms with E-state index in [0.717, 1.165) is 22.3 Å². The van der Waals surface area contributed by atoms with E-state index in [0.29, 0.717) is 18.7 Å². The molecule has 0 fully saturated rings. The van der Waals surface area contributed by atoms with E-state index >= 15 is 0 Å². The number of aromatic nitrogens is 1. The number of ether oxygens (including phenoxy) is 1. The van der Waals surface area contributed by atoms with E-state index in [1.54, 1.807) is 19.4 Å². The zero-order valence-corrected chi connectivity index (χ0v) is 13.5. The second-order valence-electron chi connectivity index (χ2n) is 5.34. The fourth-order valence-corrected chi connectivity index (χ4v) is 2.48. The highest BCUT2D eigenvalue weighted by Gasteiger charge is 2.05. The smallest absolute Gasteiger partial charge is 0.226 e. The van der Waals surface area contributed by atoms with Crippen LogP contribution in [0, 0.1) is 0 Å². The molecule has 122 valence electrons. The summed E-state index contributed by atoms with van der Waals surface area (Å²) in [7, 11) is 1.60. The summed E-state index contributed by atoms with van der Waals surface area (Å²) in [4.78, 5) is 16.4. The average Bonchev–Trinajstić information content (AvgIpc) is 2.62. The normalized spacial score (nSPS) is 10.4. The first kappa shape index (κ1) is 15.8. The van der Waals surface area contributed by atoms with Crippen molar-refractivity contribution in [1.82, 2.24) is 4.98 Å². The molecule has 0 radical (unpaired) electrons. The maximum Gasteiger partial charge on any atom is 0.226 e. The van der Waals surface area contributed by atoms with Crippen molar-refractivity contribution in [2.75, 3.05) is 24.3 Å². The van der Waals surface area contributed by atoms with Gasteiger partial charge in [0.25, 0.3) is 0 Å². The lowest BCUT2D eigenvalue weighted by Crippen LogP contribution is -2.16. The van der Waals surface area contributed by atoms with Crippen LogP contribution in [0.25, 0.3) is 10.9 Å². The minimum absolute atomic E-state index is 0.0519. The van der Waals surface area contributed by atoms with Gasteiger partial charge in [-0.2, -0.15) is 0 Å². The molecule has 1 aromatic heterocycles. The fraction of sp³-hybridized carbons (Fsp3) is 0.158. The molecule has 0 unspecified atom stereocenters. The van der Waals surface area contributed by atoms with E-state index in [1.807, 2.05) is 48.5 Å². The maximum absolute atomic E-state index is 12.1. The number of benzene rings is 2. The summed E-state index contributed by atoms with van der Waals surface area (Å²) in [6.45, 7) is 0.533. The highest BCUT2D eigenvalue weighted by molar-refractivity contribution is 5.92. The molecule has 0 saturated carbocycles. The standard InChI is InChI=1S/C19H19N3O2/c1-24-16-8-3-7-15(13-16)22-18(23)10-12-20-17-9-2-5-14-6-4-11-21-19(14)17/h2-9,11,13,20H,10,12H2,1H3,(H,22,23). The summed E-state index contributed by atoms with van der Waals surface area (Å²) < 4.78 is 5.15. The van der Waals surface area contributed by atoms with Crippen LogP contribution in [0.15, 0.2) is 60.8 Å². The molecule has 24 heavy (non-hydrogen) atoms. The van der Waals surface area contributed by atoms with Crippen LogP contribution in [0.3, 0.4) is 0 Å². The molecule has 0 aliphatic heterocycles. The monoisotopic (exact) mass is 321 g/mol. The van der Waals surface area contributed by atoms with Crippen molar-refractivity contribution in [2.24, 2.45) is 0 Å².